The predicted octanol–water partition coefficient (Wildman–Crippen LogP) is 4.29. The molecule has 0 aliphatic carbocycles. The summed E-state index contributed by atoms with van der Waals surface area (Å²) < 4.78 is 54.6. The molecule has 0 saturated carbocycles. The van der Waals surface area contributed by atoms with Crippen LogP contribution in [-0.4, -0.2) is 43.8 Å². The molecule has 2 aromatic carbocycles. The zero-order valence-electron chi connectivity index (χ0n) is 19.3. The van der Waals surface area contributed by atoms with Crippen LogP contribution < -0.4 is 20.2 Å². The molecule has 9 nitrogen and oxygen atoms in total. The van der Waals surface area contributed by atoms with E-state index in [1.54, 1.807) is 26.0 Å². The molecule has 0 fully saturated rings. The van der Waals surface area contributed by atoms with Gasteiger partial charge in [0.2, 0.25) is 11.8 Å². The van der Waals surface area contributed by atoms with Crippen LogP contribution in [0.5, 0.6) is 11.5 Å². The van der Waals surface area contributed by atoms with Crippen molar-refractivity contribution in [3.63, 3.8) is 0 Å². The number of hydrogen-bond donors (Lipinski definition) is 2. The van der Waals surface area contributed by atoms with Gasteiger partial charge in [-0.2, -0.15) is 18.3 Å². The van der Waals surface area contributed by atoms with Gasteiger partial charge in [-0.15, -0.1) is 0 Å². The minimum absolute atomic E-state index is 0.0929. The van der Waals surface area contributed by atoms with E-state index in [-0.39, 0.29) is 24.7 Å². The van der Waals surface area contributed by atoms with Gasteiger partial charge in [0.1, 0.15) is 6.42 Å². The first kappa shape index (κ1) is 28.6. The van der Waals surface area contributed by atoms with E-state index in [1.165, 1.54) is 12.3 Å². The van der Waals surface area contributed by atoms with Crippen LogP contribution in [0.4, 0.5) is 18.9 Å². The topological polar surface area (TPSA) is 115 Å². The molecule has 0 saturated heterocycles. The van der Waals surface area contributed by atoms with Crippen LogP contribution in [0.3, 0.4) is 0 Å². The SMILES string of the molecule is CCOC(=O)COc1c(Br)cc(C=NNC(=O)CC(=O)Nc2cccc(C(F)(F)F)c2)cc1OCC. The number of hydrogen-bond acceptors (Lipinski definition) is 7. The molecule has 0 bridgehead atoms. The van der Waals surface area contributed by atoms with Crippen LogP contribution in [0.2, 0.25) is 0 Å². The van der Waals surface area contributed by atoms with Gasteiger partial charge in [0.15, 0.2) is 18.1 Å². The van der Waals surface area contributed by atoms with Gasteiger partial charge in [-0.3, -0.25) is 9.59 Å². The van der Waals surface area contributed by atoms with Crippen LogP contribution in [0.25, 0.3) is 0 Å². The fourth-order valence-corrected chi connectivity index (χ4v) is 3.32. The predicted molar refractivity (Wildman–Crippen MR) is 128 cm³/mol. The summed E-state index contributed by atoms with van der Waals surface area (Å²) in [6.45, 7) is 3.64. The highest BCUT2D eigenvalue weighted by Crippen LogP contribution is 2.36. The Labute approximate surface area is 213 Å². The summed E-state index contributed by atoms with van der Waals surface area (Å²) in [6.07, 6.45) is -3.94. The lowest BCUT2D eigenvalue weighted by Crippen LogP contribution is -2.24. The standard InChI is InChI=1S/C23H23BrF3N3O6/c1-3-34-18-9-14(8-17(24)22(18)36-13-21(33)35-4-2)12-28-30-20(32)11-19(31)29-16-7-5-6-15(10-16)23(25,26)27/h5-10,12H,3-4,11,13H2,1-2H3,(H,29,31)(H,30,32). The number of amides is 2. The van der Waals surface area contributed by atoms with E-state index in [4.69, 9.17) is 14.2 Å². The average Bonchev–Trinajstić information content (AvgIpc) is 2.78. The van der Waals surface area contributed by atoms with Gasteiger partial charge in [0.25, 0.3) is 0 Å². The van der Waals surface area contributed by atoms with E-state index in [2.05, 4.69) is 31.8 Å². The molecule has 0 atom stereocenters. The number of halogens is 4. The van der Waals surface area contributed by atoms with Crippen molar-refractivity contribution >= 4 is 45.6 Å². The molecule has 0 spiro atoms. The number of carbonyl (C=O) groups is 3. The van der Waals surface area contributed by atoms with Crippen molar-refractivity contribution in [3.05, 3.63) is 52.0 Å². The number of nitrogens with zero attached hydrogens (tertiary/aromatic N) is 1. The Kier molecular flexibility index (Phi) is 10.7. The van der Waals surface area contributed by atoms with Crippen LogP contribution in [0, 0.1) is 0 Å². The normalized spacial score (nSPS) is 11.2. The fraction of sp³-hybridized carbons (Fsp3) is 0.304. The number of anilines is 1. The Balaban J connectivity index is 1.97. The highest BCUT2D eigenvalue weighted by Gasteiger charge is 2.30. The number of benzene rings is 2. The number of rotatable bonds is 11. The van der Waals surface area contributed by atoms with Crippen LogP contribution in [-0.2, 0) is 25.3 Å². The summed E-state index contributed by atoms with van der Waals surface area (Å²) in [5.41, 5.74) is 1.63. The van der Waals surface area contributed by atoms with E-state index in [9.17, 15) is 27.6 Å². The average molecular weight is 574 g/mol. The van der Waals surface area contributed by atoms with Crippen molar-refractivity contribution in [1.29, 1.82) is 0 Å². The lowest BCUT2D eigenvalue weighted by atomic mass is 10.2. The number of esters is 1. The first-order chi connectivity index (χ1) is 17.0. The number of ether oxygens (including phenoxy) is 3. The molecule has 2 amide bonds. The largest absolute Gasteiger partial charge is 0.490 e. The molecule has 0 radical (unpaired) electrons. The van der Waals surface area contributed by atoms with Crippen molar-refractivity contribution in [3.8, 4) is 11.5 Å². The minimum atomic E-state index is -4.56. The molecule has 0 heterocycles. The summed E-state index contributed by atoms with van der Waals surface area (Å²) in [4.78, 5) is 35.5. The maximum Gasteiger partial charge on any atom is 0.416 e. The van der Waals surface area contributed by atoms with Crippen molar-refractivity contribution in [2.45, 2.75) is 26.4 Å². The molecule has 0 unspecified atom stereocenters. The van der Waals surface area contributed by atoms with E-state index >= 15 is 0 Å². The Morgan fingerprint density at radius 3 is 2.47 bits per heavy atom. The van der Waals surface area contributed by atoms with E-state index in [1.807, 2.05) is 0 Å². The molecular weight excluding hydrogens is 551 g/mol. The van der Waals surface area contributed by atoms with Gasteiger partial charge in [-0.25, -0.2) is 10.2 Å². The third-order valence-corrected chi connectivity index (χ3v) is 4.76. The number of carbonyl (C=O) groups excluding carboxylic acids is 3. The highest BCUT2D eigenvalue weighted by molar-refractivity contribution is 9.10. The van der Waals surface area contributed by atoms with E-state index < -0.39 is 35.9 Å². The number of nitrogens with one attached hydrogen (secondary N) is 2. The Morgan fingerprint density at radius 1 is 1.06 bits per heavy atom. The molecule has 2 N–H and O–H groups in total. The number of alkyl halides is 3. The van der Waals surface area contributed by atoms with Gasteiger partial charge in [0, 0.05) is 5.69 Å². The molecule has 0 aliphatic heterocycles. The summed E-state index contributed by atoms with van der Waals surface area (Å²) in [6, 6.07) is 7.21. The summed E-state index contributed by atoms with van der Waals surface area (Å²) >= 11 is 3.33. The molecule has 36 heavy (non-hydrogen) atoms. The lowest BCUT2D eigenvalue weighted by molar-refractivity contribution is -0.145. The van der Waals surface area contributed by atoms with Crippen LogP contribution >= 0.6 is 15.9 Å². The maximum atomic E-state index is 12.8. The highest BCUT2D eigenvalue weighted by atomic mass is 79.9. The first-order valence-corrected chi connectivity index (χ1v) is 11.4. The molecule has 2 aromatic rings. The Bertz CT molecular complexity index is 1120. The van der Waals surface area contributed by atoms with Crippen LogP contribution in [0.15, 0.2) is 46.0 Å². The van der Waals surface area contributed by atoms with Gasteiger partial charge >= 0.3 is 12.1 Å². The van der Waals surface area contributed by atoms with Crippen LogP contribution in [0.1, 0.15) is 31.4 Å². The van der Waals surface area contributed by atoms with E-state index in [0.717, 1.165) is 18.2 Å². The van der Waals surface area contributed by atoms with Crippen molar-refractivity contribution < 1.29 is 41.8 Å². The quantitative estimate of drug-likeness (QED) is 0.179. The van der Waals surface area contributed by atoms with Gasteiger partial charge in [-0.05, 0) is 65.7 Å². The summed E-state index contributed by atoms with van der Waals surface area (Å²) in [5.74, 6) is -1.56. The van der Waals surface area contributed by atoms with E-state index in [0.29, 0.717) is 22.4 Å². The molecule has 0 aromatic heterocycles. The van der Waals surface area contributed by atoms with Gasteiger partial charge < -0.3 is 19.5 Å². The molecular formula is C23H23BrF3N3O6. The van der Waals surface area contributed by atoms with Crippen molar-refractivity contribution in [1.82, 2.24) is 5.43 Å². The summed E-state index contributed by atoms with van der Waals surface area (Å²) in [5, 5.41) is 6.01. The second-order valence-corrected chi connectivity index (χ2v) is 7.81. The third kappa shape index (κ3) is 9.21. The second-order valence-electron chi connectivity index (χ2n) is 6.95. The molecule has 2 rings (SSSR count). The zero-order valence-corrected chi connectivity index (χ0v) is 20.9. The van der Waals surface area contributed by atoms with Crippen molar-refractivity contribution in [2.75, 3.05) is 25.1 Å². The fourth-order valence-electron chi connectivity index (χ4n) is 2.74. The van der Waals surface area contributed by atoms with Gasteiger partial charge in [-0.1, -0.05) is 6.07 Å². The lowest BCUT2D eigenvalue weighted by Gasteiger charge is -2.14. The first-order valence-electron chi connectivity index (χ1n) is 10.6. The van der Waals surface area contributed by atoms with Crippen molar-refractivity contribution in [2.24, 2.45) is 5.10 Å². The third-order valence-electron chi connectivity index (χ3n) is 4.17. The minimum Gasteiger partial charge on any atom is -0.490 e. The Morgan fingerprint density at radius 2 is 1.81 bits per heavy atom. The molecule has 0 aliphatic rings. The monoisotopic (exact) mass is 573 g/mol. The Hall–Kier alpha value is -3.61. The smallest absolute Gasteiger partial charge is 0.416 e. The summed E-state index contributed by atoms with van der Waals surface area (Å²) in [7, 11) is 0. The van der Waals surface area contributed by atoms with Gasteiger partial charge in [0.05, 0.1) is 29.5 Å². The zero-order chi connectivity index (χ0) is 26.7. The molecule has 194 valence electrons. The molecule has 13 heteroatoms. The maximum absolute atomic E-state index is 12.8. The second kappa shape index (κ2) is 13.5. The number of hydrazone groups is 1.